The lowest BCUT2D eigenvalue weighted by Crippen LogP contribution is -2.07. The zero-order chi connectivity index (χ0) is 19.6. The number of hydrogen-bond donors (Lipinski definition) is 2. The first-order chi connectivity index (χ1) is 12.9. The van der Waals surface area contributed by atoms with E-state index in [0.29, 0.717) is 10.9 Å². The van der Waals surface area contributed by atoms with Crippen molar-refractivity contribution in [1.82, 2.24) is 4.98 Å². The minimum Gasteiger partial charge on any atom is -0.504 e. The predicted molar refractivity (Wildman–Crippen MR) is 99.5 cm³/mol. The molecule has 134 valence electrons. The average molecular weight is 360 g/mol. The second kappa shape index (κ2) is 7.26. The van der Waals surface area contributed by atoms with Gasteiger partial charge >= 0.3 is 5.97 Å². The molecule has 27 heavy (non-hydrogen) atoms. The van der Waals surface area contributed by atoms with Crippen molar-refractivity contribution in [3.8, 4) is 22.9 Å². The molecule has 1 aromatic heterocycles. The topological polar surface area (TPSA) is 111 Å². The van der Waals surface area contributed by atoms with Crippen LogP contribution in [0.2, 0.25) is 0 Å². The van der Waals surface area contributed by atoms with Gasteiger partial charge in [-0.3, -0.25) is 9.59 Å². The summed E-state index contributed by atoms with van der Waals surface area (Å²) in [6.45, 7) is 1.98. The molecule has 0 bridgehead atoms. The van der Waals surface area contributed by atoms with Crippen LogP contribution in [0.25, 0.3) is 22.0 Å². The number of aromatic nitrogens is 1. The van der Waals surface area contributed by atoms with Gasteiger partial charge in [0, 0.05) is 11.8 Å². The molecule has 6 nitrogen and oxygen atoms in total. The van der Waals surface area contributed by atoms with Crippen LogP contribution in [0.1, 0.15) is 34.5 Å². The normalized spacial score (nSPS) is 10.5. The van der Waals surface area contributed by atoms with Crippen molar-refractivity contribution in [2.45, 2.75) is 19.8 Å². The van der Waals surface area contributed by atoms with Gasteiger partial charge in [0.05, 0.1) is 11.9 Å². The second-order valence-electron chi connectivity index (χ2n) is 6.16. The number of carboxylic acids is 1. The number of Topliss-reactive ketones (excluding diaryl/α,β-unsaturated/α-hetero) is 1. The average Bonchev–Trinajstić information content (AvgIpc) is 2.65. The number of carboxylic acid groups (broad SMARTS) is 1. The molecule has 0 amide bonds. The highest BCUT2D eigenvalue weighted by Gasteiger charge is 2.21. The Hall–Kier alpha value is -3.72. The lowest BCUT2D eigenvalue weighted by atomic mass is 9.96. The van der Waals surface area contributed by atoms with E-state index in [4.69, 9.17) is 5.11 Å². The standard InChI is InChI=1S/C21H16N2O4/c1-12-4-2-3-5-14(12)13-6-7-17-15(10-13)16(11-22)21(27)20(23-17)18(24)8-9-19(25)26/h2-7,10,27H,8-9H2,1H3,(H,25,26). The first kappa shape index (κ1) is 18.1. The highest BCUT2D eigenvalue weighted by molar-refractivity contribution is 6.03. The number of ketones is 1. The number of hydrogen-bond acceptors (Lipinski definition) is 5. The quantitative estimate of drug-likeness (QED) is 0.669. The van der Waals surface area contributed by atoms with Crippen molar-refractivity contribution >= 4 is 22.7 Å². The Labute approximate surface area is 155 Å². The van der Waals surface area contributed by atoms with Gasteiger partial charge in [0.2, 0.25) is 0 Å². The number of carbonyl (C=O) groups is 2. The van der Waals surface area contributed by atoms with Crippen molar-refractivity contribution in [2.75, 3.05) is 0 Å². The Morgan fingerprint density at radius 1 is 1.15 bits per heavy atom. The fraction of sp³-hybridized carbons (Fsp3) is 0.143. The molecule has 0 unspecified atom stereocenters. The summed E-state index contributed by atoms with van der Waals surface area (Å²) in [5.74, 6) is -2.24. The number of pyridine rings is 1. The van der Waals surface area contributed by atoms with Crippen molar-refractivity contribution in [1.29, 1.82) is 5.26 Å². The van der Waals surface area contributed by atoms with E-state index in [1.54, 1.807) is 12.1 Å². The van der Waals surface area contributed by atoms with Gasteiger partial charge in [0.15, 0.2) is 11.5 Å². The Morgan fingerprint density at radius 2 is 1.89 bits per heavy atom. The lowest BCUT2D eigenvalue weighted by Gasteiger charge is -2.11. The summed E-state index contributed by atoms with van der Waals surface area (Å²) in [6.07, 6.45) is -0.667. The molecule has 0 saturated carbocycles. The van der Waals surface area contributed by atoms with E-state index >= 15 is 0 Å². The fourth-order valence-electron chi connectivity index (χ4n) is 2.96. The summed E-state index contributed by atoms with van der Waals surface area (Å²) in [6, 6.07) is 15.0. The van der Waals surface area contributed by atoms with E-state index in [2.05, 4.69) is 4.98 Å². The summed E-state index contributed by atoms with van der Waals surface area (Å²) in [5, 5.41) is 29.1. The van der Waals surface area contributed by atoms with Crippen LogP contribution >= 0.6 is 0 Å². The SMILES string of the molecule is Cc1ccccc1-c1ccc2nc(C(=O)CCC(=O)O)c(O)c(C#N)c2c1. The molecular formula is C21H16N2O4. The molecule has 3 aromatic rings. The highest BCUT2D eigenvalue weighted by atomic mass is 16.4. The molecule has 0 radical (unpaired) electrons. The number of aromatic hydroxyl groups is 1. The molecule has 2 aromatic carbocycles. The third-order valence-electron chi connectivity index (χ3n) is 4.36. The first-order valence-electron chi connectivity index (χ1n) is 8.30. The molecule has 3 rings (SSSR count). The van der Waals surface area contributed by atoms with Crippen LogP contribution in [0.5, 0.6) is 5.75 Å². The van der Waals surface area contributed by atoms with Crippen LogP contribution in [0, 0.1) is 18.3 Å². The molecule has 6 heteroatoms. The molecule has 2 N–H and O–H groups in total. The Bertz CT molecular complexity index is 1110. The van der Waals surface area contributed by atoms with Crippen LogP contribution < -0.4 is 0 Å². The van der Waals surface area contributed by atoms with Crippen LogP contribution in [-0.2, 0) is 4.79 Å². The minimum atomic E-state index is -1.12. The van der Waals surface area contributed by atoms with Gasteiger partial charge in [0.25, 0.3) is 0 Å². The van der Waals surface area contributed by atoms with Gasteiger partial charge in [-0.05, 0) is 35.7 Å². The third kappa shape index (κ3) is 3.48. The van der Waals surface area contributed by atoms with E-state index in [1.807, 2.05) is 43.3 Å². The van der Waals surface area contributed by atoms with Gasteiger partial charge < -0.3 is 10.2 Å². The van der Waals surface area contributed by atoms with Crippen molar-refractivity contribution in [3.05, 3.63) is 59.3 Å². The summed E-state index contributed by atoms with van der Waals surface area (Å²) in [7, 11) is 0. The number of nitriles is 1. The van der Waals surface area contributed by atoms with Gasteiger partial charge in [-0.25, -0.2) is 4.98 Å². The first-order valence-corrected chi connectivity index (χ1v) is 8.30. The van der Waals surface area contributed by atoms with Gasteiger partial charge in [0.1, 0.15) is 17.3 Å². The number of fused-ring (bicyclic) bond motifs is 1. The zero-order valence-corrected chi connectivity index (χ0v) is 14.6. The molecule has 0 saturated heterocycles. The maximum absolute atomic E-state index is 12.2. The number of aryl methyl sites for hydroxylation is 1. The van der Waals surface area contributed by atoms with Crippen LogP contribution in [0.4, 0.5) is 0 Å². The summed E-state index contributed by atoms with van der Waals surface area (Å²) >= 11 is 0. The summed E-state index contributed by atoms with van der Waals surface area (Å²) in [4.78, 5) is 27.1. The van der Waals surface area contributed by atoms with Crippen molar-refractivity contribution in [2.24, 2.45) is 0 Å². The molecule has 1 heterocycles. The van der Waals surface area contributed by atoms with Crippen molar-refractivity contribution in [3.63, 3.8) is 0 Å². The maximum Gasteiger partial charge on any atom is 0.303 e. The Kier molecular flexibility index (Phi) is 4.86. The fourth-order valence-corrected chi connectivity index (χ4v) is 2.96. The van der Waals surface area contributed by atoms with E-state index in [0.717, 1.165) is 16.7 Å². The van der Waals surface area contributed by atoms with E-state index in [1.165, 1.54) is 0 Å². The van der Waals surface area contributed by atoms with Gasteiger partial charge in [-0.1, -0.05) is 30.3 Å². The maximum atomic E-state index is 12.2. The predicted octanol–water partition coefficient (Wildman–Crippen LogP) is 3.84. The van der Waals surface area contributed by atoms with Crippen molar-refractivity contribution < 1.29 is 19.8 Å². The summed E-state index contributed by atoms with van der Waals surface area (Å²) < 4.78 is 0. The van der Waals surface area contributed by atoms with Crippen LogP contribution in [0.3, 0.4) is 0 Å². The molecule has 0 aliphatic rings. The number of carbonyl (C=O) groups excluding carboxylic acids is 1. The van der Waals surface area contributed by atoms with Gasteiger partial charge in [-0.2, -0.15) is 5.26 Å². The van der Waals surface area contributed by atoms with Crippen LogP contribution in [-0.4, -0.2) is 26.9 Å². The lowest BCUT2D eigenvalue weighted by molar-refractivity contribution is -0.136. The van der Waals surface area contributed by atoms with E-state index < -0.39 is 17.5 Å². The Balaban J connectivity index is 2.15. The molecule has 0 fully saturated rings. The summed E-state index contributed by atoms with van der Waals surface area (Å²) in [5.41, 5.74) is 2.99. The number of nitrogens with zero attached hydrogens (tertiary/aromatic N) is 2. The number of rotatable bonds is 5. The minimum absolute atomic E-state index is 0.0471. The molecule has 0 spiro atoms. The number of benzene rings is 2. The molecule has 0 atom stereocenters. The molecular weight excluding hydrogens is 344 g/mol. The number of aliphatic carboxylic acids is 1. The second-order valence-corrected chi connectivity index (χ2v) is 6.16. The molecule has 0 aliphatic heterocycles. The monoisotopic (exact) mass is 360 g/mol. The van der Waals surface area contributed by atoms with Crippen LogP contribution in [0.15, 0.2) is 42.5 Å². The largest absolute Gasteiger partial charge is 0.504 e. The Morgan fingerprint density at radius 3 is 2.56 bits per heavy atom. The van der Waals surface area contributed by atoms with E-state index in [-0.39, 0.29) is 24.1 Å². The third-order valence-corrected chi connectivity index (χ3v) is 4.36. The van der Waals surface area contributed by atoms with Gasteiger partial charge in [-0.15, -0.1) is 0 Å². The zero-order valence-electron chi connectivity index (χ0n) is 14.6. The van der Waals surface area contributed by atoms with E-state index in [9.17, 15) is 20.0 Å². The smallest absolute Gasteiger partial charge is 0.303 e. The highest BCUT2D eigenvalue weighted by Crippen LogP contribution is 2.33. The molecule has 0 aliphatic carbocycles.